The molecule has 34 heavy (non-hydrogen) atoms. The van der Waals surface area contributed by atoms with Crippen LogP contribution in [0.3, 0.4) is 0 Å². The van der Waals surface area contributed by atoms with Crippen LogP contribution in [-0.2, 0) is 11.0 Å². The smallest absolute Gasteiger partial charge is 0.418 e. The Hall–Kier alpha value is -3.78. The standard InChI is InChI=1S/C25H17ClF3NO4/c1-14(24(32)30-19-10-6-5-9-18(19)25(27,28)29)33-23-21(31)17-13-16(26)11-12-20(17)34-22(23)15-7-3-2-4-8-15/h2-14H,1H3,(H,30,32). The molecule has 3 aromatic carbocycles. The number of anilines is 1. The van der Waals surface area contributed by atoms with Gasteiger partial charge in [-0.15, -0.1) is 0 Å². The lowest BCUT2D eigenvalue weighted by molar-refractivity contribution is -0.137. The van der Waals surface area contributed by atoms with E-state index in [9.17, 15) is 22.8 Å². The molecule has 0 radical (unpaired) electrons. The van der Waals surface area contributed by atoms with Crippen molar-refractivity contribution in [3.8, 4) is 17.1 Å². The molecule has 0 saturated carbocycles. The first-order valence-electron chi connectivity index (χ1n) is 10.1. The monoisotopic (exact) mass is 487 g/mol. The van der Waals surface area contributed by atoms with E-state index in [-0.39, 0.29) is 22.5 Å². The van der Waals surface area contributed by atoms with Crippen LogP contribution in [0.15, 0.2) is 82.0 Å². The van der Waals surface area contributed by atoms with Crippen molar-refractivity contribution >= 4 is 34.2 Å². The van der Waals surface area contributed by atoms with Gasteiger partial charge in [0.2, 0.25) is 11.2 Å². The molecule has 0 fully saturated rings. The molecule has 1 N–H and O–H groups in total. The van der Waals surface area contributed by atoms with Crippen molar-refractivity contribution in [3.63, 3.8) is 0 Å². The molecule has 1 heterocycles. The van der Waals surface area contributed by atoms with Crippen molar-refractivity contribution in [2.24, 2.45) is 0 Å². The topological polar surface area (TPSA) is 68.5 Å². The maximum atomic E-state index is 13.3. The minimum atomic E-state index is -4.66. The molecule has 0 aliphatic rings. The fourth-order valence-corrected chi connectivity index (χ4v) is 3.51. The van der Waals surface area contributed by atoms with Crippen LogP contribution in [0, 0.1) is 0 Å². The molecule has 4 rings (SSSR count). The molecular weight excluding hydrogens is 471 g/mol. The van der Waals surface area contributed by atoms with Gasteiger partial charge in [-0.25, -0.2) is 0 Å². The Morgan fingerprint density at radius 2 is 1.71 bits per heavy atom. The summed E-state index contributed by atoms with van der Waals surface area (Å²) in [6, 6.07) is 17.7. The molecule has 1 amide bonds. The highest BCUT2D eigenvalue weighted by molar-refractivity contribution is 6.31. The van der Waals surface area contributed by atoms with Crippen molar-refractivity contribution < 1.29 is 27.1 Å². The summed E-state index contributed by atoms with van der Waals surface area (Å²) in [6.07, 6.45) is -5.99. The largest absolute Gasteiger partial charge is 0.473 e. The van der Waals surface area contributed by atoms with Gasteiger partial charge >= 0.3 is 6.18 Å². The Kier molecular flexibility index (Phi) is 6.34. The van der Waals surface area contributed by atoms with Crippen molar-refractivity contribution in [2.45, 2.75) is 19.2 Å². The normalized spacial score (nSPS) is 12.4. The number of rotatable bonds is 5. The molecule has 1 unspecified atom stereocenters. The molecule has 9 heteroatoms. The van der Waals surface area contributed by atoms with Gasteiger partial charge in [0.1, 0.15) is 5.58 Å². The fraction of sp³-hybridized carbons (Fsp3) is 0.120. The van der Waals surface area contributed by atoms with Crippen LogP contribution in [0.5, 0.6) is 5.75 Å². The van der Waals surface area contributed by atoms with Crippen molar-refractivity contribution in [1.29, 1.82) is 0 Å². The van der Waals surface area contributed by atoms with Crippen LogP contribution in [0.4, 0.5) is 18.9 Å². The summed E-state index contributed by atoms with van der Waals surface area (Å²) in [5, 5.41) is 2.66. The van der Waals surface area contributed by atoms with Crippen molar-refractivity contribution in [1.82, 2.24) is 0 Å². The van der Waals surface area contributed by atoms with E-state index in [1.807, 2.05) is 0 Å². The van der Waals surface area contributed by atoms with Crippen LogP contribution in [0.1, 0.15) is 12.5 Å². The third-order valence-corrected chi connectivity index (χ3v) is 5.24. The average Bonchev–Trinajstić information content (AvgIpc) is 2.81. The third-order valence-electron chi connectivity index (χ3n) is 5.00. The number of hydrogen-bond acceptors (Lipinski definition) is 4. The van der Waals surface area contributed by atoms with Crippen molar-refractivity contribution in [3.05, 3.63) is 93.6 Å². The summed E-state index contributed by atoms with van der Waals surface area (Å²) in [4.78, 5) is 26.0. The molecule has 1 aromatic heterocycles. The Morgan fingerprint density at radius 3 is 2.41 bits per heavy atom. The van der Waals surface area contributed by atoms with E-state index in [4.69, 9.17) is 20.8 Å². The highest BCUT2D eigenvalue weighted by atomic mass is 35.5. The second kappa shape index (κ2) is 9.23. The van der Waals surface area contributed by atoms with Gasteiger partial charge in [0.15, 0.2) is 11.9 Å². The lowest BCUT2D eigenvalue weighted by Crippen LogP contribution is -2.32. The number of para-hydroxylation sites is 1. The second-order valence-electron chi connectivity index (χ2n) is 7.39. The van der Waals surface area contributed by atoms with E-state index in [0.717, 1.165) is 12.1 Å². The number of halogens is 4. The maximum Gasteiger partial charge on any atom is 0.418 e. The number of ether oxygens (including phenoxy) is 1. The van der Waals surface area contributed by atoms with Crippen LogP contribution < -0.4 is 15.5 Å². The number of carbonyl (C=O) groups is 1. The predicted molar refractivity (Wildman–Crippen MR) is 123 cm³/mol. The molecule has 1 atom stereocenters. The number of alkyl halides is 3. The van der Waals surface area contributed by atoms with Gasteiger partial charge < -0.3 is 14.5 Å². The lowest BCUT2D eigenvalue weighted by atomic mass is 10.1. The molecular formula is C25H17ClF3NO4. The van der Waals surface area contributed by atoms with Gasteiger partial charge in [0.05, 0.1) is 16.6 Å². The van der Waals surface area contributed by atoms with E-state index >= 15 is 0 Å². The minimum Gasteiger partial charge on any atom is -0.473 e. The Bertz CT molecular complexity index is 1420. The summed E-state index contributed by atoms with van der Waals surface area (Å²) in [5.41, 5.74) is -1.22. The molecule has 0 spiro atoms. The van der Waals surface area contributed by atoms with Crippen LogP contribution in [0.2, 0.25) is 5.02 Å². The van der Waals surface area contributed by atoms with Gasteiger partial charge in [-0.1, -0.05) is 54.1 Å². The number of nitrogens with one attached hydrogen (secondary N) is 1. The van der Waals surface area contributed by atoms with Gasteiger partial charge in [0, 0.05) is 10.6 Å². The Morgan fingerprint density at radius 1 is 1.03 bits per heavy atom. The number of carbonyl (C=O) groups excluding carboxylic acids is 1. The van der Waals surface area contributed by atoms with Gasteiger partial charge in [-0.2, -0.15) is 13.2 Å². The van der Waals surface area contributed by atoms with Crippen LogP contribution in [-0.4, -0.2) is 12.0 Å². The zero-order chi connectivity index (χ0) is 24.5. The van der Waals surface area contributed by atoms with Gasteiger partial charge in [-0.05, 0) is 37.3 Å². The number of amides is 1. The highest BCUT2D eigenvalue weighted by Gasteiger charge is 2.34. The third kappa shape index (κ3) is 4.77. The summed E-state index contributed by atoms with van der Waals surface area (Å²) >= 11 is 6.02. The van der Waals surface area contributed by atoms with Crippen LogP contribution in [0.25, 0.3) is 22.3 Å². The lowest BCUT2D eigenvalue weighted by Gasteiger charge is -2.18. The van der Waals surface area contributed by atoms with E-state index in [1.165, 1.54) is 25.1 Å². The molecule has 0 aliphatic heterocycles. The SMILES string of the molecule is CC(Oc1c(-c2ccccc2)oc2ccc(Cl)cc2c1=O)C(=O)Nc1ccccc1C(F)(F)F. The Labute approximate surface area is 196 Å². The summed E-state index contributed by atoms with van der Waals surface area (Å²) < 4.78 is 51.4. The van der Waals surface area contributed by atoms with Gasteiger partial charge in [-0.3, -0.25) is 9.59 Å². The van der Waals surface area contributed by atoms with E-state index < -0.39 is 34.9 Å². The molecule has 0 saturated heterocycles. The molecule has 174 valence electrons. The zero-order valence-electron chi connectivity index (χ0n) is 17.7. The first-order valence-corrected chi connectivity index (χ1v) is 10.5. The Balaban J connectivity index is 1.72. The molecule has 0 bridgehead atoms. The van der Waals surface area contributed by atoms with Gasteiger partial charge in [0.25, 0.3) is 5.91 Å². The van der Waals surface area contributed by atoms with E-state index in [1.54, 1.807) is 42.5 Å². The van der Waals surface area contributed by atoms with Crippen molar-refractivity contribution in [2.75, 3.05) is 5.32 Å². The number of fused-ring (bicyclic) bond motifs is 1. The van der Waals surface area contributed by atoms with E-state index in [0.29, 0.717) is 10.6 Å². The molecule has 5 nitrogen and oxygen atoms in total. The number of hydrogen-bond donors (Lipinski definition) is 1. The second-order valence-corrected chi connectivity index (χ2v) is 7.83. The maximum absolute atomic E-state index is 13.3. The average molecular weight is 488 g/mol. The summed E-state index contributed by atoms with van der Waals surface area (Å²) in [7, 11) is 0. The first kappa shape index (κ1) is 23.4. The highest BCUT2D eigenvalue weighted by Crippen LogP contribution is 2.35. The summed E-state index contributed by atoms with van der Waals surface area (Å²) in [5.74, 6) is -1.05. The zero-order valence-corrected chi connectivity index (χ0v) is 18.4. The van der Waals surface area contributed by atoms with Crippen LogP contribution >= 0.6 is 11.6 Å². The molecule has 4 aromatic rings. The number of benzene rings is 3. The predicted octanol–water partition coefficient (Wildman–Crippen LogP) is 6.54. The quantitative estimate of drug-likeness (QED) is 0.347. The minimum absolute atomic E-state index is 0.0794. The molecule has 0 aliphatic carbocycles. The van der Waals surface area contributed by atoms with E-state index in [2.05, 4.69) is 5.32 Å². The summed E-state index contributed by atoms with van der Waals surface area (Å²) in [6.45, 7) is 1.32. The fourth-order valence-electron chi connectivity index (χ4n) is 3.34. The first-order chi connectivity index (χ1) is 16.1.